The van der Waals surface area contributed by atoms with Gasteiger partial charge in [0.1, 0.15) is 12.1 Å². The molecule has 8 nitrogen and oxygen atoms in total. The molecule has 2 aromatic rings. The first-order valence-electron chi connectivity index (χ1n) is 12.0. The SMILES string of the molecule is CC(C)CC(CNC(=O)C1(NC(=O)OCC2c3ccccc3-c3ccccc32)CCOC1)C(=O)O. The van der Waals surface area contributed by atoms with Crippen LogP contribution < -0.4 is 10.6 Å². The van der Waals surface area contributed by atoms with Crippen molar-refractivity contribution in [2.24, 2.45) is 11.8 Å². The van der Waals surface area contributed by atoms with E-state index in [1.807, 2.05) is 50.2 Å². The summed E-state index contributed by atoms with van der Waals surface area (Å²) >= 11 is 0. The van der Waals surface area contributed by atoms with Gasteiger partial charge in [-0.2, -0.15) is 0 Å². The molecule has 1 heterocycles. The predicted molar refractivity (Wildman–Crippen MR) is 130 cm³/mol. The van der Waals surface area contributed by atoms with Crippen molar-refractivity contribution in [1.29, 1.82) is 0 Å². The number of ether oxygens (including phenoxy) is 2. The maximum Gasteiger partial charge on any atom is 0.408 e. The number of carboxylic acids is 1. The second-order valence-electron chi connectivity index (χ2n) is 9.71. The van der Waals surface area contributed by atoms with Crippen molar-refractivity contribution in [3.63, 3.8) is 0 Å². The van der Waals surface area contributed by atoms with Crippen LogP contribution in [0, 0.1) is 11.8 Å². The Labute approximate surface area is 205 Å². The maximum atomic E-state index is 13.0. The summed E-state index contributed by atoms with van der Waals surface area (Å²) in [6.45, 7) is 4.30. The summed E-state index contributed by atoms with van der Waals surface area (Å²) in [5.41, 5.74) is 3.17. The Hall–Kier alpha value is -3.39. The second-order valence-corrected chi connectivity index (χ2v) is 9.71. The average molecular weight is 481 g/mol. The van der Waals surface area contributed by atoms with E-state index in [9.17, 15) is 19.5 Å². The lowest BCUT2D eigenvalue weighted by Crippen LogP contribution is -2.60. The van der Waals surface area contributed by atoms with Gasteiger partial charge >= 0.3 is 12.1 Å². The molecule has 2 aromatic carbocycles. The van der Waals surface area contributed by atoms with Crippen molar-refractivity contribution in [1.82, 2.24) is 10.6 Å². The Morgan fingerprint density at radius 1 is 1.09 bits per heavy atom. The molecule has 1 aliphatic heterocycles. The van der Waals surface area contributed by atoms with Crippen LogP contribution in [0.5, 0.6) is 0 Å². The van der Waals surface area contributed by atoms with E-state index in [1.165, 1.54) is 0 Å². The molecule has 0 bridgehead atoms. The number of alkyl carbamates (subject to hydrolysis) is 1. The molecule has 0 aromatic heterocycles. The second kappa shape index (κ2) is 10.5. The molecule has 2 atom stereocenters. The standard InChI is InChI=1S/C27H32N2O6/c1-17(2)13-18(24(30)31)14-28-25(32)27(11-12-34-16-27)29-26(33)35-15-23-21-9-5-3-7-19(21)20-8-4-6-10-22(20)23/h3-10,17-18,23H,11-16H2,1-2H3,(H,28,32)(H,29,33)(H,30,31). The van der Waals surface area contributed by atoms with Crippen LogP contribution in [0.25, 0.3) is 11.1 Å². The zero-order chi connectivity index (χ0) is 25.0. The first-order chi connectivity index (χ1) is 16.8. The Morgan fingerprint density at radius 3 is 2.26 bits per heavy atom. The minimum absolute atomic E-state index is 0.00491. The summed E-state index contributed by atoms with van der Waals surface area (Å²) in [4.78, 5) is 37.4. The van der Waals surface area contributed by atoms with E-state index < -0.39 is 29.4 Å². The largest absolute Gasteiger partial charge is 0.481 e. The highest BCUT2D eigenvalue weighted by atomic mass is 16.6. The number of benzene rings is 2. The summed E-state index contributed by atoms with van der Waals surface area (Å²) in [6, 6.07) is 16.1. The molecular weight excluding hydrogens is 448 g/mol. The molecule has 1 aliphatic carbocycles. The van der Waals surface area contributed by atoms with Gasteiger partial charge < -0.3 is 25.2 Å². The lowest BCUT2D eigenvalue weighted by Gasteiger charge is -2.28. The molecule has 35 heavy (non-hydrogen) atoms. The Balaban J connectivity index is 1.40. The van der Waals surface area contributed by atoms with Crippen LogP contribution in [0.4, 0.5) is 4.79 Å². The van der Waals surface area contributed by atoms with Crippen molar-refractivity contribution in [3.05, 3.63) is 59.7 Å². The molecule has 186 valence electrons. The fourth-order valence-corrected chi connectivity index (χ4v) is 4.95. The fraction of sp³-hybridized carbons (Fsp3) is 0.444. The predicted octanol–water partition coefficient (Wildman–Crippen LogP) is 3.55. The topological polar surface area (TPSA) is 114 Å². The van der Waals surface area contributed by atoms with Gasteiger partial charge in [-0.1, -0.05) is 62.4 Å². The third kappa shape index (κ3) is 5.32. The van der Waals surface area contributed by atoms with E-state index in [4.69, 9.17) is 9.47 Å². The molecule has 0 radical (unpaired) electrons. The van der Waals surface area contributed by atoms with Crippen molar-refractivity contribution >= 4 is 18.0 Å². The molecule has 0 spiro atoms. The van der Waals surface area contributed by atoms with Gasteiger partial charge in [-0.15, -0.1) is 0 Å². The van der Waals surface area contributed by atoms with Crippen LogP contribution >= 0.6 is 0 Å². The van der Waals surface area contributed by atoms with Gasteiger partial charge in [-0.3, -0.25) is 9.59 Å². The molecule has 4 rings (SSSR count). The minimum atomic E-state index is -1.29. The number of hydrogen-bond donors (Lipinski definition) is 3. The van der Waals surface area contributed by atoms with E-state index in [0.29, 0.717) is 13.0 Å². The molecule has 2 amide bonds. The van der Waals surface area contributed by atoms with Crippen molar-refractivity contribution in [2.45, 2.75) is 38.1 Å². The van der Waals surface area contributed by atoms with Crippen LogP contribution in [-0.2, 0) is 19.1 Å². The van der Waals surface area contributed by atoms with Gasteiger partial charge in [0, 0.05) is 25.5 Å². The van der Waals surface area contributed by atoms with Crippen LogP contribution in [-0.4, -0.2) is 55.0 Å². The molecule has 1 saturated heterocycles. The summed E-state index contributed by atoms with van der Waals surface area (Å²) in [7, 11) is 0. The summed E-state index contributed by atoms with van der Waals surface area (Å²) < 4.78 is 11.0. The molecule has 1 fully saturated rings. The lowest BCUT2D eigenvalue weighted by atomic mass is 9.95. The van der Waals surface area contributed by atoms with Crippen LogP contribution in [0.1, 0.15) is 43.7 Å². The third-order valence-electron chi connectivity index (χ3n) is 6.76. The van der Waals surface area contributed by atoms with E-state index in [-0.39, 0.29) is 38.0 Å². The summed E-state index contributed by atoms with van der Waals surface area (Å²) in [6.07, 6.45) is 0.0219. The maximum absolute atomic E-state index is 13.0. The van der Waals surface area contributed by atoms with Crippen molar-refractivity contribution in [2.75, 3.05) is 26.4 Å². The van der Waals surface area contributed by atoms with Crippen molar-refractivity contribution < 1.29 is 29.0 Å². The van der Waals surface area contributed by atoms with Gasteiger partial charge in [-0.05, 0) is 34.6 Å². The van der Waals surface area contributed by atoms with Gasteiger partial charge in [0.15, 0.2) is 0 Å². The lowest BCUT2D eigenvalue weighted by molar-refractivity contribution is -0.142. The molecule has 3 N–H and O–H groups in total. The Kier molecular flexibility index (Phi) is 7.40. The number of fused-ring (bicyclic) bond motifs is 3. The first kappa shape index (κ1) is 24.7. The smallest absolute Gasteiger partial charge is 0.408 e. The number of carboxylic acid groups (broad SMARTS) is 1. The van der Waals surface area contributed by atoms with Crippen LogP contribution in [0.3, 0.4) is 0 Å². The number of aliphatic carboxylic acids is 1. The molecular formula is C27H32N2O6. The first-order valence-corrected chi connectivity index (χ1v) is 12.0. The van der Waals surface area contributed by atoms with Crippen molar-refractivity contribution in [3.8, 4) is 11.1 Å². The highest BCUT2D eigenvalue weighted by molar-refractivity contribution is 5.91. The molecule has 2 unspecified atom stereocenters. The quantitative estimate of drug-likeness (QED) is 0.506. The Bertz CT molecular complexity index is 1050. The average Bonchev–Trinajstić information content (AvgIpc) is 3.43. The van der Waals surface area contributed by atoms with E-state index in [1.54, 1.807) is 0 Å². The molecule has 0 saturated carbocycles. The number of amides is 2. The monoisotopic (exact) mass is 480 g/mol. The summed E-state index contributed by atoms with van der Waals surface area (Å²) in [5.74, 6) is -2.03. The van der Waals surface area contributed by atoms with Gasteiger partial charge in [-0.25, -0.2) is 4.79 Å². The number of rotatable bonds is 9. The third-order valence-corrected chi connectivity index (χ3v) is 6.76. The summed E-state index contributed by atoms with van der Waals surface area (Å²) in [5, 5.41) is 14.9. The van der Waals surface area contributed by atoms with Gasteiger partial charge in [0.25, 0.3) is 0 Å². The fourth-order valence-electron chi connectivity index (χ4n) is 4.95. The van der Waals surface area contributed by atoms with E-state index in [0.717, 1.165) is 22.3 Å². The number of nitrogens with one attached hydrogen (secondary N) is 2. The highest BCUT2D eigenvalue weighted by Crippen LogP contribution is 2.44. The zero-order valence-electron chi connectivity index (χ0n) is 20.1. The number of carbonyl (C=O) groups is 3. The number of hydrogen-bond acceptors (Lipinski definition) is 5. The highest BCUT2D eigenvalue weighted by Gasteiger charge is 2.44. The molecule has 8 heteroatoms. The van der Waals surface area contributed by atoms with Crippen LogP contribution in [0.15, 0.2) is 48.5 Å². The van der Waals surface area contributed by atoms with Crippen LogP contribution in [0.2, 0.25) is 0 Å². The zero-order valence-corrected chi connectivity index (χ0v) is 20.1. The molecule has 2 aliphatic rings. The Morgan fingerprint density at radius 2 is 1.71 bits per heavy atom. The normalized spacial score (nSPS) is 19.6. The number of carbonyl (C=O) groups excluding carboxylic acids is 2. The van der Waals surface area contributed by atoms with Gasteiger partial charge in [0.05, 0.1) is 12.5 Å². The minimum Gasteiger partial charge on any atom is -0.481 e. The van der Waals surface area contributed by atoms with Gasteiger partial charge in [0.2, 0.25) is 5.91 Å². The van der Waals surface area contributed by atoms with E-state index >= 15 is 0 Å². The van der Waals surface area contributed by atoms with E-state index in [2.05, 4.69) is 22.8 Å².